The maximum atomic E-state index is 11.5. The van der Waals surface area contributed by atoms with E-state index in [-0.39, 0.29) is 11.9 Å². The molecule has 0 radical (unpaired) electrons. The van der Waals surface area contributed by atoms with E-state index in [9.17, 15) is 4.79 Å². The van der Waals surface area contributed by atoms with Gasteiger partial charge in [0, 0.05) is 32.0 Å². The topological polar surface area (TPSA) is 44.4 Å². The van der Waals surface area contributed by atoms with Crippen molar-refractivity contribution in [2.24, 2.45) is 0 Å². The van der Waals surface area contributed by atoms with Crippen molar-refractivity contribution in [2.45, 2.75) is 19.9 Å². The predicted molar refractivity (Wildman–Crippen MR) is 72.5 cm³/mol. The smallest absolute Gasteiger partial charge is 0.242 e. The molecule has 1 aromatic rings. The lowest BCUT2D eigenvalue weighted by atomic mass is 10.2. The van der Waals surface area contributed by atoms with Crippen molar-refractivity contribution in [2.75, 3.05) is 30.9 Å². The Hall–Kier alpha value is -1.71. The molecule has 0 aliphatic heterocycles. The summed E-state index contributed by atoms with van der Waals surface area (Å²) < 4.78 is 0. The van der Waals surface area contributed by atoms with E-state index in [0.29, 0.717) is 6.54 Å². The van der Waals surface area contributed by atoms with Gasteiger partial charge in [0.15, 0.2) is 0 Å². The molecule has 4 nitrogen and oxygen atoms in total. The average molecular weight is 235 g/mol. The first-order chi connectivity index (χ1) is 8.04. The standard InChI is InChI=1S/C13H21N3O/c1-5-14-13(17)10(2)15-11-6-8-12(9-7-11)16(3)4/h6-10,15H,5H2,1-4H3,(H,14,17). The second kappa shape index (κ2) is 6.13. The average Bonchev–Trinajstić information content (AvgIpc) is 2.30. The molecule has 4 heteroatoms. The lowest BCUT2D eigenvalue weighted by Crippen LogP contribution is -2.37. The van der Waals surface area contributed by atoms with Crippen molar-refractivity contribution >= 4 is 17.3 Å². The van der Waals surface area contributed by atoms with E-state index < -0.39 is 0 Å². The molecule has 1 rings (SSSR count). The maximum absolute atomic E-state index is 11.5. The minimum Gasteiger partial charge on any atom is -0.378 e. The number of likely N-dealkylation sites (N-methyl/N-ethyl adjacent to an activating group) is 1. The Kier molecular flexibility index (Phi) is 4.82. The van der Waals surface area contributed by atoms with Gasteiger partial charge in [-0.3, -0.25) is 4.79 Å². The third-order valence-electron chi connectivity index (χ3n) is 2.51. The number of carbonyl (C=O) groups excluding carboxylic acids is 1. The number of carbonyl (C=O) groups is 1. The first-order valence-electron chi connectivity index (χ1n) is 5.86. The quantitative estimate of drug-likeness (QED) is 0.816. The fourth-order valence-corrected chi connectivity index (χ4v) is 1.50. The van der Waals surface area contributed by atoms with E-state index in [1.165, 1.54) is 0 Å². The van der Waals surface area contributed by atoms with Crippen LogP contribution in [0.25, 0.3) is 0 Å². The molecule has 94 valence electrons. The molecule has 0 saturated heterocycles. The van der Waals surface area contributed by atoms with Gasteiger partial charge in [0.25, 0.3) is 0 Å². The molecule has 1 aromatic carbocycles. The highest BCUT2D eigenvalue weighted by Gasteiger charge is 2.10. The van der Waals surface area contributed by atoms with Gasteiger partial charge in [0.1, 0.15) is 6.04 Å². The van der Waals surface area contributed by atoms with E-state index in [1.807, 2.05) is 57.1 Å². The molecule has 1 amide bonds. The number of anilines is 2. The van der Waals surface area contributed by atoms with Crippen LogP contribution in [-0.2, 0) is 4.79 Å². The molecule has 0 spiro atoms. The molecule has 1 unspecified atom stereocenters. The van der Waals surface area contributed by atoms with Crippen LogP contribution in [-0.4, -0.2) is 32.6 Å². The highest BCUT2D eigenvalue weighted by atomic mass is 16.2. The van der Waals surface area contributed by atoms with Crippen molar-refractivity contribution in [3.63, 3.8) is 0 Å². The van der Waals surface area contributed by atoms with Gasteiger partial charge < -0.3 is 15.5 Å². The third kappa shape index (κ3) is 3.98. The van der Waals surface area contributed by atoms with Crippen LogP contribution in [0.5, 0.6) is 0 Å². The maximum Gasteiger partial charge on any atom is 0.242 e. The summed E-state index contributed by atoms with van der Waals surface area (Å²) in [6.07, 6.45) is 0. The van der Waals surface area contributed by atoms with Gasteiger partial charge in [-0.2, -0.15) is 0 Å². The zero-order valence-electron chi connectivity index (χ0n) is 10.9. The van der Waals surface area contributed by atoms with Gasteiger partial charge in [-0.1, -0.05) is 0 Å². The molecule has 1 atom stereocenters. The molecular formula is C13H21N3O. The Morgan fingerprint density at radius 2 is 1.88 bits per heavy atom. The Morgan fingerprint density at radius 3 is 2.35 bits per heavy atom. The first kappa shape index (κ1) is 13.4. The highest BCUT2D eigenvalue weighted by molar-refractivity contribution is 5.84. The minimum absolute atomic E-state index is 0.0178. The molecule has 2 N–H and O–H groups in total. The van der Waals surface area contributed by atoms with Gasteiger partial charge in [-0.25, -0.2) is 0 Å². The summed E-state index contributed by atoms with van der Waals surface area (Å²) in [5, 5.41) is 5.95. The van der Waals surface area contributed by atoms with Crippen molar-refractivity contribution < 1.29 is 4.79 Å². The Bertz CT molecular complexity index is 359. The first-order valence-corrected chi connectivity index (χ1v) is 5.86. The lowest BCUT2D eigenvalue weighted by molar-refractivity contribution is -0.121. The van der Waals surface area contributed by atoms with E-state index in [2.05, 4.69) is 10.6 Å². The van der Waals surface area contributed by atoms with Gasteiger partial charge in [-0.05, 0) is 38.1 Å². The van der Waals surface area contributed by atoms with Gasteiger partial charge in [-0.15, -0.1) is 0 Å². The third-order valence-corrected chi connectivity index (χ3v) is 2.51. The fraction of sp³-hybridized carbons (Fsp3) is 0.462. The van der Waals surface area contributed by atoms with Crippen molar-refractivity contribution in [3.8, 4) is 0 Å². The van der Waals surface area contributed by atoms with Crippen LogP contribution in [0.1, 0.15) is 13.8 Å². The zero-order valence-corrected chi connectivity index (χ0v) is 10.9. The summed E-state index contributed by atoms with van der Waals surface area (Å²) in [6.45, 7) is 4.42. The van der Waals surface area contributed by atoms with Crippen LogP contribution in [0.15, 0.2) is 24.3 Å². The molecular weight excluding hydrogens is 214 g/mol. The number of hydrogen-bond donors (Lipinski definition) is 2. The summed E-state index contributed by atoms with van der Waals surface area (Å²) in [7, 11) is 4.00. The monoisotopic (exact) mass is 235 g/mol. The lowest BCUT2D eigenvalue weighted by Gasteiger charge is -2.16. The SMILES string of the molecule is CCNC(=O)C(C)Nc1ccc(N(C)C)cc1. The van der Waals surface area contributed by atoms with Crippen LogP contribution in [0.2, 0.25) is 0 Å². The van der Waals surface area contributed by atoms with E-state index >= 15 is 0 Å². The minimum atomic E-state index is -0.222. The van der Waals surface area contributed by atoms with Gasteiger partial charge >= 0.3 is 0 Å². The molecule has 0 aliphatic rings. The zero-order chi connectivity index (χ0) is 12.8. The summed E-state index contributed by atoms with van der Waals surface area (Å²) >= 11 is 0. The predicted octanol–water partition coefficient (Wildman–Crippen LogP) is 1.69. The molecule has 0 aromatic heterocycles. The second-order valence-corrected chi connectivity index (χ2v) is 4.20. The van der Waals surface area contributed by atoms with Gasteiger partial charge in [0.2, 0.25) is 5.91 Å². The van der Waals surface area contributed by atoms with E-state index in [4.69, 9.17) is 0 Å². The van der Waals surface area contributed by atoms with Crippen LogP contribution < -0.4 is 15.5 Å². The fourth-order valence-electron chi connectivity index (χ4n) is 1.50. The van der Waals surface area contributed by atoms with E-state index in [0.717, 1.165) is 11.4 Å². The highest BCUT2D eigenvalue weighted by Crippen LogP contribution is 2.16. The van der Waals surface area contributed by atoms with E-state index in [1.54, 1.807) is 0 Å². The van der Waals surface area contributed by atoms with Crippen LogP contribution in [0, 0.1) is 0 Å². The number of benzene rings is 1. The number of nitrogens with one attached hydrogen (secondary N) is 2. The number of hydrogen-bond acceptors (Lipinski definition) is 3. The van der Waals surface area contributed by atoms with Crippen LogP contribution >= 0.6 is 0 Å². The summed E-state index contributed by atoms with van der Waals surface area (Å²) in [6, 6.07) is 7.77. The molecule has 17 heavy (non-hydrogen) atoms. The number of nitrogens with zero attached hydrogens (tertiary/aromatic N) is 1. The van der Waals surface area contributed by atoms with Crippen molar-refractivity contribution in [1.29, 1.82) is 0 Å². The number of rotatable bonds is 5. The van der Waals surface area contributed by atoms with Crippen LogP contribution in [0.4, 0.5) is 11.4 Å². The largest absolute Gasteiger partial charge is 0.378 e. The molecule has 0 fully saturated rings. The summed E-state index contributed by atoms with van der Waals surface area (Å²) in [5.41, 5.74) is 2.09. The normalized spacial score (nSPS) is 11.8. The second-order valence-electron chi connectivity index (χ2n) is 4.20. The van der Waals surface area contributed by atoms with Crippen molar-refractivity contribution in [1.82, 2.24) is 5.32 Å². The summed E-state index contributed by atoms with van der Waals surface area (Å²) in [4.78, 5) is 13.6. The number of amides is 1. The molecule has 0 heterocycles. The Morgan fingerprint density at radius 1 is 1.29 bits per heavy atom. The molecule has 0 bridgehead atoms. The van der Waals surface area contributed by atoms with Crippen LogP contribution in [0.3, 0.4) is 0 Å². The van der Waals surface area contributed by atoms with Gasteiger partial charge in [0.05, 0.1) is 0 Å². The molecule has 0 saturated carbocycles. The van der Waals surface area contributed by atoms with Crippen molar-refractivity contribution in [3.05, 3.63) is 24.3 Å². The summed E-state index contributed by atoms with van der Waals surface area (Å²) in [5.74, 6) is 0.0178. The molecule has 0 aliphatic carbocycles. The Labute approximate surface area is 103 Å². The Balaban J connectivity index is 2.60.